The number of carbonyl (C=O) groups excluding carboxylic acids is 1. The zero-order valence-corrected chi connectivity index (χ0v) is 12.0. The van der Waals surface area contributed by atoms with Crippen LogP contribution in [-0.4, -0.2) is 70.7 Å². The molecule has 0 N–H and O–H groups in total. The molecular weight excluding hydrogens is 264 g/mol. The quantitative estimate of drug-likeness (QED) is 0.746. The molecule has 1 amide bonds. The van der Waals surface area contributed by atoms with Gasteiger partial charge in [0.25, 0.3) is 5.91 Å². The fourth-order valence-electron chi connectivity index (χ4n) is 2.80. The highest BCUT2D eigenvalue weighted by atomic mass is 32.1. The van der Waals surface area contributed by atoms with Gasteiger partial charge in [-0.3, -0.25) is 9.69 Å². The molecule has 0 aliphatic carbocycles. The molecule has 0 bridgehead atoms. The van der Waals surface area contributed by atoms with Gasteiger partial charge in [0.1, 0.15) is 4.88 Å². The summed E-state index contributed by atoms with van der Waals surface area (Å²) in [7, 11) is 2.10. The normalized spacial score (nSPS) is 28.2. The molecule has 3 heterocycles. The van der Waals surface area contributed by atoms with Gasteiger partial charge < -0.3 is 9.64 Å². The molecular formula is C12H18N4O2S. The van der Waals surface area contributed by atoms with E-state index in [2.05, 4.69) is 21.5 Å². The van der Waals surface area contributed by atoms with Gasteiger partial charge in [0.15, 0.2) is 0 Å². The maximum absolute atomic E-state index is 12.5. The van der Waals surface area contributed by atoms with Gasteiger partial charge in [-0.25, -0.2) is 0 Å². The number of aromatic nitrogens is 2. The Morgan fingerprint density at radius 1 is 1.47 bits per heavy atom. The summed E-state index contributed by atoms with van der Waals surface area (Å²) in [4.78, 5) is 17.3. The average Bonchev–Trinajstić information content (AvgIpc) is 2.84. The molecule has 2 saturated heterocycles. The number of likely N-dealkylation sites (tertiary alicyclic amines) is 1. The molecule has 104 valence electrons. The van der Waals surface area contributed by atoms with Crippen LogP contribution in [0.3, 0.4) is 0 Å². The number of amides is 1. The Labute approximate surface area is 116 Å². The molecule has 1 aromatic heterocycles. The summed E-state index contributed by atoms with van der Waals surface area (Å²) in [5, 5.41) is 3.91. The maximum Gasteiger partial charge on any atom is 0.267 e. The second kappa shape index (κ2) is 5.15. The van der Waals surface area contributed by atoms with Crippen molar-refractivity contribution < 1.29 is 9.53 Å². The van der Waals surface area contributed by atoms with Crippen LogP contribution in [0.1, 0.15) is 21.8 Å². The third-order valence-electron chi connectivity index (χ3n) is 4.00. The summed E-state index contributed by atoms with van der Waals surface area (Å²) < 4.78 is 9.64. The van der Waals surface area contributed by atoms with Crippen LogP contribution in [0.4, 0.5) is 0 Å². The number of aryl methyl sites for hydroxylation is 1. The summed E-state index contributed by atoms with van der Waals surface area (Å²) in [6, 6.07) is 0.313. The molecule has 7 heteroatoms. The van der Waals surface area contributed by atoms with E-state index in [1.165, 1.54) is 11.5 Å². The van der Waals surface area contributed by atoms with Crippen LogP contribution in [0.5, 0.6) is 0 Å². The van der Waals surface area contributed by atoms with Gasteiger partial charge in [-0.05, 0) is 31.9 Å². The van der Waals surface area contributed by atoms with E-state index in [1.807, 2.05) is 11.8 Å². The molecule has 0 radical (unpaired) electrons. The number of likely N-dealkylation sites (N-methyl/N-ethyl adjacent to an activating group) is 1. The summed E-state index contributed by atoms with van der Waals surface area (Å²) in [5.41, 5.74) is 0.727. The number of morpholine rings is 1. The Morgan fingerprint density at radius 3 is 3.05 bits per heavy atom. The molecule has 0 unspecified atom stereocenters. The summed E-state index contributed by atoms with van der Waals surface area (Å²) in [6.45, 7) is 5.05. The molecule has 3 rings (SSSR count). The molecule has 2 aliphatic rings. The number of fused-ring (bicyclic) bond motifs is 1. The molecule has 6 nitrogen and oxygen atoms in total. The molecule has 19 heavy (non-hydrogen) atoms. The monoisotopic (exact) mass is 282 g/mol. The van der Waals surface area contributed by atoms with Crippen LogP contribution in [0, 0.1) is 6.92 Å². The highest BCUT2D eigenvalue weighted by Crippen LogP contribution is 2.24. The number of ether oxygens (including phenoxy) is 1. The maximum atomic E-state index is 12.5. The fraction of sp³-hybridized carbons (Fsp3) is 0.750. The number of carbonyl (C=O) groups is 1. The van der Waals surface area contributed by atoms with Crippen LogP contribution in [-0.2, 0) is 4.74 Å². The van der Waals surface area contributed by atoms with E-state index < -0.39 is 0 Å². The van der Waals surface area contributed by atoms with Crippen LogP contribution in [0.25, 0.3) is 0 Å². The third-order valence-corrected chi connectivity index (χ3v) is 4.81. The topological polar surface area (TPSA) is 58.6 Å². The number of hydrogen-bond acceptors (Lipinski definition) is 6. The van der Waals surface area contributed by atoms with Crippen molar-refractivity contribution in [2.45, 2.75) is 25.5 Å². The lowest BCUT2D eigenvalue weighted by Gasteiger charge is -2.45. The first kappa shape index (κ1) is 13.0. The van der Waals surface area contributed by atoms with Crippen molar-refractivity contribution in [2.24, 2.45) is 0 Å². The zero-order valence-electron chi connectivity index (χ0n) is 11.2. The van der Waals surface area contributed by atoms with E-state index in [4.69, 9.17) is 4.74 Å². The fourth-order valence-corrected chi connectivity index (χ4v) is 3.42. The third kappa shape index (κ3) is 2.37. The number of rotatable bonds is 1. The van der Waals surface area contributed by atoms with Gasteiger partial charge in [-0.2, -0.15) is 0 Å². The number of nitrogens with zero attached hydrogens (tertiary/aromatic N) is 4. The van der Waals surface area contributed by atoms with Crippen LogP contribution < -0.4 is 0 Å². The zero-order chi connectivity index (χ0) is 13.4. The van der Waals surface area contributed by atoms with Crippen molar-refractivity contribution in [1.29, 1.82) is 0 Å². The smallest absolute Gasteiger partial charge is 0.267 e. The van der Waals surface area contributed by atoms with E-state index in [0.29, 0.717) is 10.9 Å². The van der Waals surface area contributed by atoms with Crippen LogP contribution >= 0.6 is 11.5 Å². The lowest BCUT2D eigenvalue weighted by Crippen LogP contribution is -2.59. The van der Waals surface area contributed by atoms with E-state index in [9.17, 15) is 4.79 Å². The lowest BCUT2D eigenvalue weighted by molar-refractivity contribution is -0.0893. The minimum atomic E-state index is 0.0601. The Bertz CT molecular complexity index is 478. The second-order valence-corrected chi connectivity index (χ2v) is 5.94. The Balaban J connectivity index is 1.73. The predicted octanol–water partition coefficient (Wildman–Crippen LogP) is 0.392. The van der Waals surface area contributed by atoms with E-state index >= 15 is 0 Å². The molecule has 2 atom stereocenters. The van der Waals surface area contributed by atoms with E-state index in [-0.39, 0.29) is 12.0 Å². The minimum Gasteiger partial charge on any atom is -0.375 e. The largest absolute Gasteiger partial charge is 0.375 e. The van der Waals surface area contributed by atoms with E-state index in [0.717, 1.165) is 38.4 Å². The summed E-state index contributed by atoms with van der Waals surface area (Å²) >= 11 is 1.18. The highest BCUT2D eigenvalue weighted by molar-refractivity contribution is 7.07. The number of hydrogen-bond donors (Lipinski definition) is 0. The van der Waals surface area contributed by atoms with Crippen molar-refractivity contribution in [3.63, 3.8) is 0 Å². The van der Waals surface area contributed by atoms with Crippen molar-refractivity contribution in [3.8, 4) is 0 Å². The van der Waals surface area contributed by atoms with Crippen molar-refractivity contribution >= 4 is 17.4 Å². The van der Waals surface area contributed by atoms with Crippen LogP contribution in [0.15, 0.2) is 0 Å². The van der Waals surface area contributed by atoms with Gasteiger partial charge in [0.2, 0.25) is 0 Å². The molecule has 1 aromatic rings. The lowest BCUT2D eigenvalue weighted by atomic mass is 9.99. The van der Waals surface area contributed by atoms with Crippen molar-refractivity contribution in [2.75, 3.05) is 33.3 Å². The van der Waals surface area contributed by atoms with Crippen LogP contribution in [0.2, 0.25) is 0 Å². The first-order valence-electron chi connectivity index (χ1n) is 6.57. The minimum absolute atomic E-state index is 0.0601. The van der Waals surface area contributed by atoms with Crippen molar-refractivity contribution in [1.82, 2.24) is 19.4 Å². The molecule has 0 aromatic carbocycles. The first-order chi connectivity index (χ1) is 9.16. The molecule has 2 aliphatic heterocycles. The van der Waals surface area contributed by atoms with E-state index in [1.54, 1.807) is 0 Å². The standard InChI is InChI=1S/C12H18N4O2S/c1-8-11(19-14-13-8)12(17)16-4-3-10-9(7-16)15(2)5-6-18-10/h9-10H,3-7H2,1-2H3/t9-,10-/m1/s1. The van der Waals surface area contributed by atoms with Gasteiger partial charge in [0.05, 0.1) is 24.4 Å². The molecule has 2 fully saturated rings. The number of piperidine rings is 1. The average molecular weight is 282 g/mol. The first-order valence-corrected chi connectivity index (χ1v) is 7.34. The molecule has 0 spiro atoms. The van der Waals surface area contributed by atoms with Gasteiger partial charge in [0, 0.05) is 19.6 Å². The predicted molar refractivity (Wildman–Crippen MR) is 71.3 cm³/mol. The SMILES string of the molecule is Cc1nnsc1C(=O)N1CC[C@H]2OCCN(C)[C@@H]2C1. The Kier molecular flexibility index (Phi) is 3.51. The summed E-state index contributed by atoms with van der Waals surface area (Å²) in [5.74, 6) is 0.0601. The van der Waals surface area contributed by atoms with Gasteiger partial charge in [-0.15, -0.1) is 5.10 Å². The van der Waals surface area contributed by atoms with Gasteiger partial charge in [-0.1, -0.05) is 4.49 Å². The van der Waals surface area contributed by atoms with Gasteiger partial charge >= 0.3 is 0 Å². The molecule has 0 saturated carbocycles. The Hall–Kier alpha value is -1.05. The van der Waals surface area contributed by atoms with Crippen molar-refractivity contribution in [3.05, 3.63) is 10.6 Å². The highest BCUT2D eigenvalue weighted by Gasteiger charge is 2.37. The Morgan fingerprint density at radius 2 is 2.32 bits per heavy atom. The summed E-state index contributed by atoms with van der Waals surface area (Å²) in [6.07, 6.45) is 1.18. The second-order valence-electron chi connectivity index (χ2n) is 5.18.